The van der Waals surface area contributed by atoms with Gasteiger partial charge in [-0.15, -0.1) is 11.3 Å². The smallest absolute Gasteiger partial charge is 0.396 e. The lowest BCUT2D eigenvalue weighted by molar-refractivity contribution is -0.154. The van der Waals surface area contributed by atoms with Crippen LogP contribution in [0.25, 0.3) is 0 Å². The van der Waals surface area contributed by atoms with Crippen LogP contribution in [0.15, 0.2) is 41.8 Å². The average molecular weight is 344 g/mol. The lowest BCUT2D eigenvalue weighted by Gasteiger charge is -2.30. The number of carbonyl (C=O) groups excluding carboxylic acids is 2. The van der Waals surface area contributed by atoms with Crippen LogP contribution in [0.5, 0.6) is 0 Å². The zero-order valence-electron chi connectivity index (χ0n) is 13.5. The Kier molecular flexibility index (Phi) is 5.15. The molecular formula is C18H20N2O3S. The topological polar surface area (TPSA) is 58.6 Å². The van der Waals surface area contributed by atoms with Gasteiger partial charge in [0, 0.05) is 23.7 Å². The largest absolute Gasteiger partial charge is 0.459 e. The van der Waals surface area contributed by atoms with Gasteiger partial charge in [-0.3, -0.25) is 4.79 Å². The molecule has 1 atom stereocenters. The number of fused-ring (bicyclic) bond motifs is 1. The highest BCUT2D eigenvalue weighted by molar-refractivity contribution is 7.10. The number of benzene rings is 1. The number of thiophene rings is 1. The molecule has 3 rings (SSSR count). The summed E-state index contributed by atoms with van der Waals surface area (Å²) in [5.41, 5.74) is 2.51. The van der Waals surface area contributed by atoms with Gasteiger partial charge in [0.15, 0.2) is 0 Å². The standard InChI is InChI=1S/C18H20N2O3S/c1-2-23-18(22)17(21)19-12-15(16-8-5-11-24-16)20-10-9-13-6-3-4-7-14(13)20/h3-8,11,15H,2,9-10,12H2,1H3,(H,19,21)/t15-/m1/s1. The van der Waals surface area contributed by atoms with Crippen molar-refractivity contribution in [3.63, 3.8) is 0 Å². The molecule has 0 spiro atoms. The summed E-state index contributed by atoms with van der Waals surface area (Å²) < 4.78 is 4.75. The second-order valence-electron chi connectivity index (χ2n) is 5.53. The van der Waals surface area contributed by atoms with E-state index in [4.69, 9.17) is 4.74 Å². The highest BCUT2D eigenvalue weighted by Gasteiger charge is 2.28. The van der Waals surface area contributed by atoms with E-state index < -0.39 is 11.9 Å². The Hall–Kier alpha value is -2.34. The minimum Gasteiger partial charge on any atom is -0.459 e. The summed E-state index contributed by atoms with van der Waals surface area (Å²) in [5.74, 6) is -1.52. The molecule has 0 bridgehead atoms. The van der Waals surface area contributed by atoms with Gasteiger partial charge in [0.2, 0.25) is 0 Å². The molecule has 0 saturated heterocycles. The van der Waals surface area contributed by atoms with E-state index in [0.717, 1.165) is 17.8 Å². The number of para-hydroxylation sites is 1. The van der Waals surface area contributed by atoms with Gasteiger partial charge in [-0.05, 0) is 36.4 Å². The molecule has 1 aliphatic heterocycles. The Morgan fingerprint density at radius 1 is 1.29 bits per heavy atom. The lowest BCUT2D eigenvalue weighted by atomic mass is 10.1. The summed E-state index contributed by atoms with van der Waals surface area (Å²) >= 11 is 1.65. The number of hydrogen-bond acceptors (Lipinski definition) is 5. The van der Waals surface area contributed by atoms with E-state index in [1.165, 1.54) is 11.3 Å². The summed E-state index contributed by atoms with van der Waals surface area (Å²) in [5, 5.41) is 4.74. The highest BCUT2D eigenvalue weighted by atomic mass is 32.1. The predicted molar refractivity (Wildman–Crippen MR) is 94.2 cm³/mol. The number of nitrogens with zero attached hydrogens (tertiary/aromatic N) is 1. The van der Waals surface area contributed by atoms with Crippen LogP contribution in [0.4, 0.5) is 5.69 Å². The maximum Gasteiger partial charge on any atom is 0.396 e. The molecule has 0 radical (unpaired) electrons. The first-order chi connectivity index (χ1) is 11.7. The Bertz CT molecular complexity index is 715. The van der Waals surface area contributed by atoms with Crippen LogP contribution in [-0.2, 0) is 20.7 Å². The first-order valence-corrected chi connectivity index (χ1v) is 8.91. The van der Waals surface area contributed by atoms with E-state index in [9.17, 15) is 9.59 Å². The van der Waals surface area contributed by atoms with Gasteiger partial charge in [-0.1, -0.05) is 24.3 Å². The van der Waals surface area contributed by atoms with Crippen molar-refractivity contribution in [2.75, 3.05) is 24.6 Å². The predicted octanol–water partition coefficient (Wildman–Crippen LogP) is 2.53. The minimum atomic E-state index is -0.829. The van der Waals surface area contributed by atoms with E-state index >= 15 is 0 Å². The lowest BCUT2D eigenvalue weighted by Crippen LogP contribution is -2.40. The number of hydrogen-bond donors (Lipinski definition) is 1. The van der Waals surface area contributed by atoms with Crippen molar-refractivity contribution >= 4 is 28.9 Å². The van der Waals surface area contributed by atoms with Crippen molar-refractivity contribution < 1.29 is 14.3 Å². The third-order valence-corrected chi connectivity index (χ3v) is 5.06. The summed E-state index contributed by atoms with van der Waals surface area (Å²) in [6.07, 6.45) is 0.990. The van der Waals surface area contributed by atoms with E-state index in [1.807, 2.05) is 23.6 Å². The molecular weight excluding hydrogens is 324 g/mol. The van der Waals surface area contributed by atoms with E-state index in [1.54, 1.807) is 18.3 Å². The maximum absolute atomic E-state index is 11.9. The van der Waals surface area contributed by atoms with Crippen LogP contribution >= 0.6 is 11.3 Å². The number of nitrogens with one attached hydrogen (secondary N) is 1. The molecule has 1 N–H and O–H groups in total. The van der Waals surface area contributed by atoms with Crippen molar-refractivity contribution in [3.05, 3.63) is 52.2 Å². The van der Waals surface area contributed by atoms with Crippen LogP contribution in [0, 0.1) is 0 Å². The summed E-state index contributed by atoms with van der Waals surface area (Å²) in [6, 6.07) is 12.4. The molecule has 0 aliphatic carbocycles. The van der Waals surface area contributed by atoms with Crippen molar-refractivity contribution in [2.45, 2.75) is 19.4 Å². The van der Waals surface area contributed by atoms with Crippen LogP contribution in [0.3, 0.4) is 0 Å². The Morgan fingerprint density at radius 3 is 2.88 bits per heavy atom. The van der Waals surface area contributed by atoms with Crippen LogP contribution < -0.4 is 10.2 Å². The second kappa shape index (κ2) is 7.49. The monoisotopic (exact) mass is 344 g/mol. The molecule has 2 heterocycles. The summed E-state index contributed by atoms with van der Waals surface area (Å²) in [4.78, 5) is 26.8. The maximum atomic E-state index is 11.9. The number of rotatable bonds is 5. The van der Waals surface area contributed by atoms with Crippen molar-refractivity contribution in [1.82, 2.24) is 5.32 Å². The fourth-order valence-electron chi connectivity index (χ4n) is 2.99. The molecule has 1 aromatic heterocycles. The minimum absolute atomic E-state index is 0.00651. The van der Waals surface area contributed by atoms with E-state index in [-0.39, 0.29) is 12.6 Å². The van der Waals surface area contributed by atoms with E-state index in [2.05, 4.69) is 28.4 Å². The van der Waals surface area contributed by atoms with Gasteiger partial charge in [0.1, 0.15) is 0 Å². The van der Waals surface area contributed by atoms with Gasteiger partial charge in [0.25, 0.3) is 0 Å². The quantitative estimate of drug-likeness (QED) is 0.669. The zero-order chi connectivity index (χ0) is 16.9. The molecule has 0 unspecified atom stereocenters. The fraction of sp³-hybridized carbons (Fsp3) is 0.333. The first-order valence-electron chi connectivity index (χ1n) is 8.03. The first kappa shape index (κ1) is 16.5. The van der Waals surface area contributed by atoms with Crippen molar-refractivity contribution in [1.29, 1.82) is 0 Å². The average Bonchev–Trinajstić information content (AvgIpc) is 3.25. The molecule has 0 fully saturated rings. The van der Waals surface area contributed by atoms with Gasteiger partial charge in [-0.2, -0.15) is 0 Å². The normalized spacial score (nSPS) is 14.1. The van der Waals surface area contributed by atoms with Gasteiger partial charge >= 0.3 is 11.9 Å². The number of esters is 1. The van der Waals surface area contributed by atoms with Crippen molar-refractivity contribution in [2.24, 2.45) is 0 Å². The Morgan fingerprint density at radius 2 is 2.12 bits per heavy atom. The number of anilines is 1. The Labute approximate surface area is 145 Å². The molecule has 1 aliphatic rings. The van der Waals surface area contributed by atoms with Crippen LogP contribution in [0.2, 0.25) is 0 Å². The molecule has 0 saturated carbocycles. The molecule has 24 heavy (non-hydrogen) atoms. The van der Waals surface area contributed by atoms with Crippen LogP contribution in [0.1, 0.15) is 23.4 Å². The molecule has 6 heteroatoms. The fourth-order valence-corrected chi connectivity index (χ4v) is 3.83. The molecule has 126 valence electrons. The highest BCUT2D eigenvalue weighted by Crippen LogP contribution is 2.36. The Balaban J connectivity index is 1.77. The molecule has 1 amide bonds. The third kappa shape index (κ3) is 3.43. The number of ether oxygens (including phenoxy) is 1. The van der Waals surface area contributed by atoms with Crippen LogP contribution in [-0.4, -0.2) is 31.6 Å². The molecule has 5 nitrogen and oxygen atoms in total. The van der Waals surface area contributed by atoms with E-state index in [0.29, 0.717) is 6.54 Å². The molecule has 2 aromatic rings. The second-order valence-corrected chi connectivity index (χ2v) is 6.51. The van der Waals surface area contributed by atoms with Crippen molar-refractivity contribution in [3.8, 4) is 0 Å². The SMILES string of the molecule is CCOC(=O)C(=O)NC[C@H](c1cccs1)N1CCc2ccccc21. The number of carbonyl (C=O) groups is 2. The molecule has 1 aromatic carbocycles. The third-order valence-electron chi connectivity index (χ3n) is 4.09. The number of amides is 1. The summed E-state index contributed by atoms with van der Waals surface area (Å²) in [6.45, 7) is 3.14. The van der Waals surface area contributed by atoms with Gasteiger partial charge < -0.3 is 15.0 Å². The zero-order valence-corrected chi connectivity index (χ0v) is 14.3. The van der Waals surface area contributed by atoms with Gasteiger partial charge in [0.05, 0.1) is 12.6 Å². The summed E-state index contributed by atoms with van der Waals surface area (Å²) in [7, 11) is 0. The van der Waals surface area contributed by atoms with Gasteiger partial charge in [-0.25, -0.2) is 4.79 Å².